The second kappa shape index (κ2) is 5.53. The van der Waals surface area contributed by atoms with Gasteiger partial charge in [-0.2, -0.15) is 0 Å². The van der Waals surface area contributed by atoms with Gasteiger partial charge in [0.05, 0.1) is 0 Å². The first-order valence-corrected chi connectivity index (χ1v) is 6.12. The Morgan fingerprint density at radius 3 is 2.44 bits per heavy atom. The van der Waals surface area contributed by atoms with E-state index in [1.807, 2.05) is 27.8 Å². The summed E-state index contributed by atoms with van der Waals surface area (Å²) in [6.07, 6.45) is 2.35. The largest absolute Gasteiger partial charge is 0.333 e. The fourth-order valence-electron chi connectivity index (χ4n) is 1.95. The lowest BCUT2D eigenvalue weighted by Gasteiger charge is -2.30. The van der Waals surface area contributed by atoms with E-state index >= 15 is 0 Å². The Bertz CT molecular complexity index is 229. The molecule has 1 aliphatic rings. The summed E-state index contributed by atoms with van der Waals surface area (Å²) in [4.78, 5) is 13.6. The molecule has 0 spiro atoms. The number of piperidine rings is 1. The minimum atomic E-state index is -0.153. The Labute approximate surface area is 98.8 Å². The van der Waals surface area contributed by atoms with Crippen LogP contribution in [0.2, 0.25) is 0 Å². The van der Waals surface area contributed by atoms with E-state index in [0.29, 0.717) is 5.92 Å². The molecule has 94 valence electrons. The maximum Gasteiger partial charge on any atom is 0.317 e. The van der Waals surface area contributed by atoms with Crippen LogP contribution in [0.4, 0.5) is 4.79 Å². The summed E-state index contributed by atoms with van der Waals surface area (Å²) in [5.74, 6) is 0.650. The van der Waals surface area contributed by atoms with Gasteiger partial charge in [0.25, 0.3) is 0 Å². The van der Waals surface area contributed by atoms with Crippen LogP contribution >= 0.6 is 0 Å². The van der Waals surface area contributed by atoms with Crippen molar-refractivity contribution < 1.29 is 4.79 Å². The average molecular weight is 227 g/mol. The molecule has 16 heavy (non-hydrogen) atoms. The van der Waals surface area contributed by atoms with Crippen molar-refractivity contribution in [1.29, 1.82) is 0 Å². The van der Waals surface area contributed by atoms with Crippen LogP contribution in [0, 0.1) is 5.92 Å². The highest BCUT2D eigenvalue weighted by molar-refractivity contribution is 5.74. The number of hydrogen-bond donors (Lipinski definition) is 2. The smallest absolute Gasteiger partial charge is 0.317 e. The van der Waals surface area contributed by atoms with Crippen molar-refractivity contribution in [3.8, 4) is 0 Å². The number of amides is 2. The van der Waals surface area contributed by atoms with Crippen molar-refractivity contribution in [2.24, 2.45) is 5.92 Å². The maximum absolute atomic E-state index is 11.8. The van der Waals surface area contributed by atoms with Gasteiger partial charge in [0.1, 0.15) is 0 Å². The summed E-state index contributed by atoms with van der Waals surface area (Å²) in [5.41, 5.74) is -0.153. The van der Waals surface area contributed by atoms with E-state index < -0.39 is 0 Å². The standard InChI is InChI=1S/C12H25N3O/c1-12(2,3)14-11(16)15(4)9-10-5-7-13-8-6-10/h10,13H,5-9H2,1-4H3,(H,14,16). The Morgan fingerprint density at radius 2 is 1.94 bits per heavy atom. The lowest BCUT2D eigenvalue weighted by molar-refractivity contribution is 0.185. The molecule has 0 bridgehead atoms. The summed E-state index contributed by atoms with van der Waals surface area (Å²) < 4.78 is 0. The normalized spacial score (nSPS) is 18.2. The Hall–Kier alpha value is -0.770. The van der Waals surface area contributed by atoms with E-state index in [9.17, 15) is 4.79 Å². The van der Waals surface area contributed by atoms with Crippen molar-refractivity contribution in [1.82, 2.24) is 15.5 Å². The molecule has 1 fully saturated rings. The van der Waals surface area contributed by atoms with Crippen molar-refractivity contribution in [2.75, 3.05) is 26.7 Å². The Kier molecular flexibility index (Phi) is 4.59. The molecule has 1 saturated heterocycles. The van der Waals surface area contributed by atoms with Gasteiger partial charge in [-0.3, -0.25) is 0 Å². The molecule has 0 radical (unpaired) electrons. The first kappa shape index (κ1) is 13.3. The third kappa shape index (κ3) is 4.84. The molecule has 2 amide bonds. The summed E-state index contributed by atoms with van der Waals surface area (Å²) in [6.45, 7) is 9.04. The summed E-state index contributed by atoms with van der Waals surface area (Å²) in [5, 5.41) is 6.32. The van der Waals surface area contributed by atoms with Gasteiger partial charge in [-0.25, -0.2) is 4.79 Å². The molecule has 1 heterocycles. The Balaban J connectivity index is 2.33. The molecule has 0 aliphatic carbocycles. The molecule has 0 aromatic rings. The number of carbonyl (C=O) groups is 1. The third-order valence-electron chi connectivity index (χ3n) is 2.82. The highest BCUT2D eigenvalue weighted by Crippen LogP contribution is 2.13. The predicted molar refractivity (Wildman–Crippen MR) is 66.5 cm³/mol. The maximum atomic E-state index is 11.8. The molecule has 0 aromatic heterocycles. The molecule has 1 aliphatic heterocycles. The number of carbonyl (C=O) groups excluding carboxylic acids is 1. The third-order valence-corrected chi connectivity index (χ3v) is 2.82. The van der Waals surface area contributed by atoms with Gasteiger partial charge in [0.15, 0.2) is 0 Å². The van der Waals surface area contributed by atoms with Crippen LogP contribution in [0.1, 0.15) is 33.6 Å². The highest BCUT2D eigenvalue weighted by atomic mass is 16.2. The number of hydrogen-bond acceptors (Lipinski definition) is 2. The van der Waals surface area contributed by atoms with Crippen molar-refractivity contribution in [2.45, 2.75) is 39.2 Å². The quantitative estimate of drug-likeness (QED) is 0.749. The number of rotatable bonds is 2. The molecule has 0 atom stereocenters. The average Bonchev–Trinajstić information content (AvgIpc) is 2.16. The van der Waals surface area contributed by atoms with Crippen LogP contribution in [-0.2, 0) is 0 Å². The summed E-state index contributed by atoms with van der Waals surface area (Å²) >= 11 is 0. The van der Waals surface area contributed by atoms with Crippen LogP contribution in [-0.4, -0.2) is 43.2 Å². The minimum absolute atomic E-state index is 0.0334. The lowest BCUT2D eigenvalue weighted by Crippen LogP contribution is -2.48. The van der Waals surface area contributed by atoms with E-state index in [4.69, 9.17) is 0 Å². The van der Waals surface area contributed by atoms with Gasteiger partial charge >= 0.3 is 6.03 Å². The summed E-state index contributed by atoms with van der Waals surface area (Å²) in [7, 11) is 1.88. The topological polar surface area (TPSA) is 44.4 Å². The van der Waals surface area contributed by atoms with Crippen LogP contribution < -0.4 is 10.6 Å². The second-order valence-corrected chi connectivity index (χ2v) is 5.75. The van der Waals surface area contributed by atoms with E-state index in [2.05, 4.69) is 10.6 Å². The molecule has 4 nitrogen and oxygen atoms in total. The number of nitrogens with one attached hydrogen (secondary N) is 2. The molecule has 1 rings (SSSR count). The fourth-order valence-corrected chi connectivity index (χ4v) is 1.95. The van der Waals surface area contributed by atoms with E-state index in [0.717, 1.165) is 19.6 Å². The minimum Gasteiger partial charge on any atom is -0.333 e. The molecule has 0 saturated carbocycles. The lowest BCUT2D eigenvalue weighted by atomic mass is 9.98. The van der Waals surface area contributed by atoms with Gasteiger partial charge in [0, 0.05) is 19.1 Å². The van der Waals surface area contributed by atoms with Crippen LogP contribution in [0.5, 0.6) is 0 Å². The highest BCUT2D eigenvalue weighted by Gasteiger charge is 2.20. The van der Waals surface area contributed by atoms with Crippen LogP contribution in [0.15, 0.2) is 0 Å². The molecular weight excluding hydrogens is 202 g/mol. The first-order valence-electron chi connectivity index (χ1n) is 6.12. The molecular formula is C12H25N3O. The zero-order valence-electron chi connectivity index (χ0n) is 11.0. The predicted octanol–water partition coefficient (Wildman–Crippen LogP) is 1.43. The van der Waals surface area contributed by atoms with E-state index in [1.165, 1.54) is 12.8 Å². The van der Waals surface area contributed by atoms with Gasteiger partial charge in [-0.1, -0.05) is 0 Å². The van der Waals surface area contributed by atoms with Crippen molar-refractivity contribution in [3.05, 3.63) is 0 Å². The molecule has 0 unspecified atom stereocenters. The summed E-state index contributed by atoms with van der Waals surface area (Å²) in [6, 6.07) is 0.0334. The van der Waals surface area contributed by atoms with Crippen molar-refractivity contribution in [3.63, 3.8) is 0 Å². The second-order valence-electron chi connectivity index (χ2n) is 5.75. The fraction of sp³-hybridized carbons (Fsp3) is 0.917. The van der Waals surface area contributed by atoms with E-state index in [-0.39, 0.29) is 11.6 Å². The van der Waals surface area contributed by atoms with Gasteiger partial charge in [-0.15, -0.1) is 0 Å². The van der Waals surface area contributed by atoms with Crippen molar-refractivity contribution >= 4 is 6.03 Å². The number of nitrogens with zero attached hydrogens (tertiary/aromatic N) is 1. The van der Waals surface area contributed by atoms with Gasteiger partial charge < -0.3 is 15.5 Å². The first-order chi connectivity index (χ1) is 7.38. The van der Waals surface area contributed by atoms with Crippen LogP contribution in [0.3, 0.4) is 0 Å². The number of urea groups is 1. The molecule has 2 N–H and O–H groups in total. The van der Waals surface area contributed by atoms with Crippen LogP contribution in [0.25, 0.3) is 0 Å². The molecule has 4 heteroatoms. The monoisotopic (exact) mass is 227 g/mol. The van der Waals surface area contributed by atoms with E-state index in [1.54, 1.807) is 4.90 Å². The Morgan fingerprint density at radius 1 is 1.38 bits per heavy atom. The van der Waals surface area contributed by atoms with Gasteiger partial charge in [-0.05, 0) is 52.6 Å². The zero-order chi connectivity index (χ0) is 12.2. The SMILES string of the molecule is CN(CC1CCNCC1)C(=O)NC(C)(C)C. The zero-order valence-corrected chi connectivity index (χ0v) is 11.0. The van der Waals surface area contributed by atoms with Gasteiger partial charge in [0.2, 0.25) is 0 Å². The molecule has 0 aromatic carbocycles.